The maximum Gasteiger partial charge on any atom is 0.229 e. The first-order valence-electron chi connectivity index (χ1n) is 10.3. The lowest BCUT2D eigenvalue weighted by Crippen LogP contribution is -2.34. The predicted octanol–water partition coefficient (Wildman–Crippen LogP) is 2.43. The molecule has 2 aliphatic rings. The Labute approximate surface area is 183 Å². The van der Waals surface area contributed by atoms with E-state index in [0.717, 1.165) is 40.4 Å². The number of nitrogens with one attached hydrogen (secondary N) is 2. The molecule has 3 unspecified atom stereocenters. The number of aromatic nitrogens is 3. The molecule has 160 valence electrons. The van der Waals surface area contributed by atoms with Crippen molar-refractivity contribution >= 4 is 39.7 Å². The molecule has 9 heteroatoms. The largest absolute Gasteiger partial charge is 0.598 e. The van der Waals surface area contributed by atoms with Gasteiger partial charge < -0.3 is 15.6 Å². The maximum absolute atomic E-state index is 12.8. The normalized spacial score (nSPS) is 25.3. The minimum atomic E-state index is -1.02. The summed E-state index contributed by atoms with van der Waals surface area (Å²) in [5, 5.41) is 4.57. The molecule has 0 saturated heterocycles. The zero-order chi connectivity index (χ0) is 21.7. The number of pyridine rings is 3. The van der Waals surface area contributed by atoms with Gasteiger partial charge in [-0.1, -0.05) is 0 Å². The van der Waals surface area contributed by atoms with Crippen LogP contribution in [0.25, 0.3) is 22.0 Å². The van der Waals surface area contributed by atoms with Crippen molar-refractivity contribution in [1.29, 1.82) is 0 Å². The summed E-state index contributed by atoms with van der Waals surface area (Å²) in [6, 6.07) is 5.96. The summed E-state index contributed by atoms with van der Waals surface area (Å²) in [5.74, 6) is 1.64. The van der Waals surface area contributed by atoms with Gasteiger partial charge in [-0.3, -0.25) is 9.78 Å². The van der Waals surface area contributed by atoms with Crippen molar-refractivity contribution in [1.82, 2.24) is 19.7 Å². The van der Waals surface area contributed by atoms with E-state index in [9.17, 15) is 9.35 Å². The number of hydrogen-bond donors (Lipinski definition) is 3. The fraction of sp³-hybridized carbons (Fsp3) is 0.364. The number of nitrogens with two attached hydrogens (primary N) is 1. The quantitative estimate of drug-likeness (QED) is 0.524. The van der Waals surface area contributed by atoms with Crippen LogP contribution in [0.5, 0.6) is 0 Å². The fourth-order valence-corrected chi connectivity index (χ4v) is 5.54. The second-order valence-corrected chi connectivity index (χ2v) is 9.60. The van der Waals surface area contributed by atoms with Gasteiger partial charge in [0.05, 0.1) is 11.7 Å². The molecule has 2 fully saturated rings. The molecule has 1 amide bonds. The van der Waals surface area contributed by atoms with E-state index >= 15 is 0 Å². The number of carbonyl (C=O) groups excluding carboxylic acids is 1. The Kier molecular flexibility index (Phi) is 5.04. The Morgan fingerprint density at radius 3 is 2.74 bits per heavy atom. The molecule has 0 aliphatic heterocycles. The Hall–Kier alpha value is -2.75. The molecule has 5 rings (SSSR count). The molecule has 3 aromatic rings. The van der Waals surface area contributed by atoms with E-state index in [4.69, 9.17) is 5.73 Å². The summed E-state index contributed by atoms with van der Waals surface area (Å²) < 4.78 is 14.4. The van der Waals surface area contributed by atoms with Crippen molar-refractivity contribution < 1.29 is 9.35 Å². The van der Waals surface area contributed by atoms with E-state index in [-0.39, 0.29) is 17.9 Å². The van der Waals surface area contributed by atoms with Gasteiger partial charge >= 0.3 is 0 Å². The van der Waals surface area contributed by atoms with Crippen LogP contribution in [0, 0.1) is 24.7 Å². The first-order chi connectivity index (χ1) is 14.9. The molecule has 2 saturated carbocycles. The van der Waals surface area contributed by atoms with Gasteiger partial charge in [0.15, 0.2) is 0 Å². The van der Waals surface area contributed by atoms with Crippen LogP contribution in [0.2, 0.25) is 0 Å². The third kappa shape index (κ3) is 3.84. The monoisotopic (exact) mass is 436 g/mol. The lowest BCUT2D eigenvalue weighted by molar-refractivity contribution is -0.118. The Morgan fingerprint density at radius 1 is 1.26 bits per heavy atom. The SMILES string of the molecule is Cc1ccncc1-c1cc2cc(NC(=O)C3[C@H]4CC(N[S+](C)[O-])C[C@@H]34)ncc2c(N)n1. The highest BCUT2D eigenvalue weighted by molar-refractivity contribution is 7.88. The van der Waals surface area contributed by atoms with Crippen LogP contribution in [-0.4, -0.2) is 37.7 Å². The topological polar surface area (TPSA) is 129 Å². The van der Waals surface area contributed by atoms with Gasteiger partial charge in [0.1, 0.15) is 17.9 Å². The van der Waals surface area contributed by atoms with Crippen LogP contribution in [0.15, 0.2) is 36.8 Å². The van der Waals surface area contributed by atoms with Gasteiger partial charge in [0.2, 0.25) is 5.91 Å². The van der Waals surface area contributed by atoms with Gasteiger partial charge in [-0.05, 0) is 60.7 Å². The Balaban J connectivity index is 1.34. The van der Waals surface area contributed by atoms with E-state index < -0.39 is 11.4 Å². The standard InChI is InChI=1S/C22H24N6O2S/c1-11-3-4-24-9-16(11)18-5-12-6-19(25-10-17(12)21(23)26-18)27-22(29)20-14-7-13(8-15(14)20)28-31(2)30/h3-6,9-10,13-15,20,28H,7-8H2,1-2H3,(H2,23,26)(H,25,27,29)/t13?,14-,15+,20?,31?. The summed E-state index contributed by atoms with van der Waals surface area (Å²) in [7, 11) is 0. The number of aryl methyl sites for hydroxylation is 1. The zero-order valence-corrected chi connectivity index (χ0v) is 18.1. The summed E-state index contributed by atoms with van der Waals surface area (Å²) in [5.41, 5.74) is 8.89. The molecular formula is C22H24N6O2S. The summed E-state index contributed by atoms with van der Waals surface area (Å²) in [6.07, 6.45) is 8.59. The first kappa shape index (κ1) is 20.2. The Bertz CT molecular complexity index is 1160. The van der Waals surface area contributed by atoms with Crippen LogP contribution < -0.4 is 15.8 Å². The van der Waals surface area contributed by atoms with Gasteiger partial charge in [-0.2, -0.15) is 0 Å². The molecule has 5 atom stereocenters. The third-order valence-electron chi connectivity index (χ3n) is 6.39. The third-order valence-corrected chi connectivity index (χ3v) is 7.06. The van der Waals surface area contributed by atoms with Gasteiger partial charge in [-0.15, -0.1) is 4.72 Å². The molecule has 2 aliphatic carbocycles. The maximum atomic E-state index is 12.8. The highest BCUT2D eigenvalue weighted by Gasteiger charge is 2.60. The van der Waals surface area contributed by atoms with Crippen molar-refractivity contribution in [2.75, 3.05) is 17.3 Å². The molecule has 31 heavy (non-hydrogen) atoms. The highest BCUT2D eigenvalue weighted by Crippen LogP contribution is 2.57. The molecule has 0 aromatic carbocycles. The van der Waals surface area contributed by atoms with Gasteiger partial charge in [-0.25, -0.2) is 9.97 Å². The second kappa shape index (κ2) is 7.74. The van der Waals surface area contributed by atoms with E-state index in [0.29, 0.717) is 23.5 Å². The number of nitrogens with zero attached hydrogens (tertiary/aromatic N) is 3. The smallest absolute Gasteiger partial charge is 0.229 e. The van der Waals surface area contributed by atoms with Crippen LogP contribution in [-0.2, 0) is 16.2 Å². The van der Waals surface area contributed by atoms with Crippen molar-refractivity contribution in [3.63, 3.8) is 0 Å². The van der Waals surface area contributed by atoms with Gasteiger partial charge in [0.25, 0.3) is 0 Å². The van der Waals surface area contributed by atoms with Crippen LogP contribution in [0.1, 0.15) is 18.4 Å². The van der Waals surface area contributed by atoms with Crippen molar-refractivity contribution in [3.05, 3.63) is 42.4 Å². The van der Waals surface area contributed by atoms with Crippen LogP contribution in [0.4, 0.5) is 11.6 Å². The molecule has 0 spiro atoms. The van der Waals surface area contributed by atoms with Crippen molar-refractivity contribution in [2.24, 2.45) is 17.8 Å². The van der Waals surface area contributed by atoms with Crippen LogP contribution in [0.3, 0.4) is 0 Å². The number of anilines is 2. The number of nitrogen functional groups attached to an aromatic ring is 1. The average molecular weight is 437 g/mol. The molecular weight excluding hydrogens is 412 g/mol. The van der Waals surface area contributed by atoms with E-state index in [1.807, 2.05) is 25.1 Å². The second-order valence-electron chi connectivity index (χ2n) is 8.46. The molecule has 8 nitrogen and oxygen atoms in total. The van der Waals surface area contributed by atoms with Crippen molar-refractivity contribution in [3.8, 4) is 11.3 Å². The van der Waals surface area contributed by atoms with Gasteiger partial charge in [0, 0.05) is 46.8 Å². The molecule has 3 aromatic heterocycles. The fourth-order valence-electron chi connectivity index (χ4n) is 4.88. The highest BCUT2D eigenvalue weighted by atomic mass is 32.2. The number of fused-ring (bicyclic) bond motifs is 2. The number of hydrogen-bond acceptors (Lipinski definition) is 7. The van der Waals surface area contributed by atoms with Crippen molar-refractivity contribution in [2.45, 2.75) is 25.8 Å². The summed E-state index contributed by atoms with van der Waals surface area (Å²) >= 11 is -1.02. The molecule has 0 bridgehead atoms. The van der Waals surface area contributed by atoms with E-state index in [1.165, 1.54) is 0 Å². The van der Waals surface area contributed by atoms with E-state index in [2.05, 4.69) is 25.0 Å². The summed E-state index contributed by atoms with van der Waals surface area (Å²) in [4.78, 5) is 25.8. The molecule has 0 radical (unpaired) electrons. The molecule has 3 heterocycles. The summed E-state index contributed by atoms with van der Waals surface area (Å²) in [6.45, 7) is 2.00. The average Bonchev–Trinajstić information content (AvgIpc) is 3.23. The minimum Gasteiger partial charge on any atom is -0.598 e. The first-order valence-corrected chi connectivity index (χ1v) is 11.8. The lowest BCUT2D eigenvalue weighted by Gasteiger charge is -2.15. The predicted molar refractivity (Wildman–Crippen MR) is 121 cm³/mol. The number of carbonyl (C=O) groups is 1. The molecule has 4 N–H and O–H groups in total. The zero-order valence-electron chi connectivity index (χ0n) is 17.3. The number of amides is 1. The Morgan fingerprint density at radius 2 is 2.03 bits per heavy atom. The van der Waals surface area contributed by atoms with E-state index in [1.54, 1.807) is 24.8 Å². The number of rotatable bonds is 5. The van der Waals surface area contributed by atoms with Crippen LogP contribution >= 0.6 is 0 Å². The minimum absolute atomic E-state index is 0.00303. The lowest BCUT2D eigenvalue weighted by atomic mass is 10.1.